The fraction of sp³-hybridized carbons (Fsp3) is 0.556. The van der Waals surface area contributed by atoms with Gasteiger partial charge in [0.25, 0.3) is 0 Å². The van der Waals surface area contributed by atoms with Crippen molar-refractivity contribution in [1.29, 1.82) is 0 Å². The fourth-order valence-electron chi connectivity index (χ4n) is 2.26. The quantitative estimate of drug-likeness (QED) is 0.669. The molecule has 0 amide bonds. The van der Waals surface area contributed by atoms with Gasteiger partial charge in [-0.05, 0) is 43.5 Å². The lowest BCUT2D eigenvalue weighted by molar-refractivity contribution is 0.225. The Labute approximate surface area is 128 Å². The van der Waals surface area contributed by atoms with Crippen LogP contribution in [-0.4, -0.2) is 37.2 Å². The van der Waals surface area contributed by atoms with E-state index >= 15 is 0 Å². The number of nitrogens with zero attached hydrogens (tertiary/aromatic N) is 1. The van der Waals surface area contributed by atoms with Gasteiger partial charge in [-0.15, -0.1) is 6.42 Å². The zero-order chi connectivity index (χ0) is 14.9. The molecule has 1 saturated carbocycles. The van der Waals surface area contributed by atoms with Crippen molar-refractivity contribution in [1.82, 2.24) is 10.2 Å². The zero-order valence-corrected chi connectivity index (χ0v) is 13.0. The second-order valence-corrected chi connectivity index (χ2v) is 5.63. The van der Waals surface area contributed by atoms with Crippen molar-refractivity contribution in [2.75, 3.05) is 26.2 Å². The molecule has 3 nitrogen and oxygen atoms in total. The molecular formula is C18H26N2O. The maximum absolute atomic E-state index is 5.79. The highest BCUT2D eigenvalue weighted by Crippen LogP contribution is 2.19. The van der Waals surface area contributed by atoms with Crippen LogP contribution in [0.5, 0.6) is 5.75 Å². The molecule has 0 radical (unpaired) electrons. The average molecular weight is 286 g/mol. The van der Waals surface area contributed by atoms with Crippen molar-refractivity contribution >= 4 is 0 Å². The van der Waals surface area contributed by atoms with Crippen LogP contribution >= 0.6 is 0 Å². The van der Waals surface area contributed by atoms with Crippen LogP contribution in [0, 0.1) is 12.3 Å². The highest BCUT2D eigenvalue weighted by atomic mass is 16.5. The molecule has 0 saturated heterocycles. The number of hydrogen-bond donors (Lipinski definition) is 1. The van der Waals surface area contributed by atoms with Gasteiger partial charge in [0.05, 0.1) is 6.54 Å². The predicted molar refractivity (Wildman–Crippen MR) is 87.4 cm³/mol. The normalized spacial score (nSPS) is 14.1. The van der Waals surface area contributed by atoms with Crippen LogP contribution in [0.4, 0.5) is 0 Å². The van der Waals surface area contributed by atoms with Crippen LogP contribution < -0.4 is 10.1 Å². The predicted octanol–water partition coefficient (Wildman–Crippen LogP) is 2.66. The van der Waals surface area contributed by atoms with E-state index in [2.05, 4.69) is 47.3 Å². The Balaban J connectivity index is 1.68. The maximum Gasteiger partial charge on any atom is 0.119 e. The lowest BCUT2D eigenvalue weighted by Gasteiger charge is -2.18. The highest BCUT2D eigenvalue weighted by Gasteiger charge is 2.19. The van der Waals surface area contributed by atoms with Crippen LogP contribution in [0.2, 0.25) is 0 Å². The van der Waals surface area contributed by atoms with E-state index in [-0.39, 0.29) is 0 Å². The number of rotatable bonds is 10. The fourth-order valence-corrected chi connectivity index (χ4v) is 2.26. The summed E-state index contributed by atoms with van der Waals surface area (Å²) < 4.78 is 5.79. The molecule has 0 heterocycles. The highest BCUT2D eigenvalue weighted by molar-refractivity contribution is 5.27. The summed E-state index contributed by atoms with van der Waals surface area (Å²) in [7, 11) is 0. The first-order valence-electron chi connectivity index (χ1n) is 7.92. The van der Waals surface area contributed by atoms with Crippen LogP contribution in [0.3, 0.4) is 0 Å². The van der Waals surface area contributed by atoms with Crippen LogP contribution in [0.15, 0.2) is 24.3 Å². The first-order chi connectivity index (χ1) is 10.3. The van der Waals surface area contributed by atoms with E-state index in [1.54, 1.807) is 0 Å². The summed E-state index contributed by atoms with van der Waals surface area (Å²) in [5.41, 5.74) is 1.31. The van der Waals surface area contributed by atoms with E-state index < -0.39 is 0 Å². The monoisotopic (exact) mass is 286 g/mol. The molecule has 0 aromatic heterocycles. The summed E-state index contributed by atoms with van der Waals surface area (Å²) in [6, 6.07) is 9.12. The van der Waals surface area contributed by atoms with Gasteiger partial charge < -0.3 is 10.1 Å². The smallest absolute Gasteiger partial charge is 0.119 e. The molecule has 21 heavy (non-hydrogen) atoms. The zero-order valence-electron chi connectivity index (χ0n) is 13.0. The third-order valence-corrected chi connectivity index (χ3v) is 3.63. The first kappa shape index (κ1) is 15.9. The number of ether oxygens (including phenoxy) is 1. The standard InChI is InChI=1S/C18H26N2O/c1-3-11-20(12-4-2)13-14-21-18-9-5-16(6-10-18)15-19-17-7-8-17/h1,5-6,9-10,17,19H,4,7-8,11-15H2,2H3. The van der Waals surface area contributed by atoms with Crippen molar-refractivity contribution in [2.45, 2.75) is 38.8 Å². The molecule has 0 atom stereocenters. The number of nitrogens with one attached hydrogen (secondary N) is 1. The summed E-state index contributed by atoms with van der Waals surface area (Å²) in [5.74, 6) is 3.63. The third kappa shape index (κ3) is 6.20. The molecule has 0 spiro atoms. The van der Waals surface area contributed by atoms with E-state index in [4.69, 9.17) is 11.2 Å². The molecule has 114 valence electrons. The van der Waals surface area contributed by atoms with Gasteiger partial charge in [0.2, 0.25) is 0 Å². The van der Waals surface area contributed by atoms with E-state index in [9.17, 15) is 0 Å². The minimum Gasteiger partial charge on any atom is -0.492 e. The molecule has 1 aliphatic rings. The van der Waals surface area contributed by atoms with Crippen molar-refractivity contribution < 1.29 is 4.74 Å². The Kier molecular flexibility index (Phi) is 6.59. The molecule has 1 aliphatic carbocycles. The number of benzene rings is 1. The van der Waals surface area contributed by atoms with E-state index in [0.29, 0.717) is 13.2 Å². The van der Waals surface area contributed by atoms with Crippen LogP contribution in [0.1, 0.15) is 31.7 Å². The van der Waals surface area contributed by atoms with Gasteiger partial charge in [0.15, 0.2) is 0 Å². The van der Waals surface area contributed by atoms with Crippen LogP contribution in [-0.2, 0) is 6.54 Å². The summed E-state index contributed by atoms with van der Waals surface area (Å²) in [6.45, 7) is 6.41. The summed E-state index contributed by atoms with van der Waals surface area (Å²) >= 11 is 0. The van der Waals surface area contributed by atoms with E-state index in [0.717, 1.165) is 37.8 Å². The SMILES string of the molecule is C#CCN(CCC)CCOc1ccc(CNC2CC2)cc1. The van der Waals surface area contributed by atoms with Gasteiger partial charge in [-0.25, -0.2) is 0 Å². The molecule has 2 rings (SSSR count). The molecular weight excluding hydrogens is 260 g/mol. The molecule has 1 aromatic rings. The second kappa shape index (κ2) is 8.71. The Morgan fingerprint density at radius 1 is 1.29 bits per heavy atom. The molecule has 0 aliphatic heterocycles. The van der Waals surface area contributed by atoms with Gasteiger partial charge in [-0.2, -0.15) is 0 Å². The van der Waals surface area contributed by atoms with Gasteiger partial charge >= 0.3 is 0 Å². The van der Waals surface area contributed by atoms with Gasteiger partial charge in [-0.1, -0.05) is 25.0 Å². The Hall–Kier alpha value is -1.50. The van der Waals surface area contributed by atoms with Gasteiger partial charge in [0.1, 0.15) is 12.4 Å². The van der Waals surface area contributed by atoms with Crippen molar-refractivity contribution in [3.05, 3.63) is 29.8 Å². The van der Waals surface area contributed by atoms with E-state index in [1.165, 1.54) is 18.4 Å². The van der Waals surface area contributed by atoms with Crippen molar-refractivity contribution in [3.63, 3.8) is 0 Å². The van der Waals surface area contributed by atoms with Gasteiger partial charge in [0, 0.05) is 19.1 Å². The molecule has 1 N–H and O–H groups in total. The first-order valence-corrected chi connectivity index (χ1v) is 7.92. The molecule has 3 heteroatoms. The second-order valence-electron chi connectivity index (χ2n) is 5.63. The molecule has 0 unspecified atom stereocenters. The third-order valence-electron chi connectivity index (χ3n) is 3.63. The molecule has 0 bridgehead atoms. The maximum atomic E-state index is 5.79. The van der Waals surface area contributed by atoms with E-state index in [1.807, 2.05) is 0 Å². The molecule has 1 aromatic carbocycles. The van der Waals surface area contributed by atoms with Crippen molar-refractivity contribution in [3.8, 4) is 18.1 Å². The Morgan fingerprint density at radius 3 is 2.67 bits per heavy atom. The number of terminal acetylenes is 1. The summed E-state index contributed by atoms with van der Waals surface area (Å²) in [5, 5.41) is 3.51. The van der Waals surface area contributed by atoms with Crippen LogP contribution in [0.25, 0.3) is 0 Å². The lowest BCUT2D eigenvalue weighted by atomic mass is 10.2. The van der Waals surface area contributed by atoms with Gasteiger partial charge in [-0.3, -0.25) is 4.90 Å². The number of hydrogen-bond acceptors (Lipinski definition) is 3. The molecule has 1 fully saturated rings. The minimum atomic E-state index is 0.682. The average Bonchev–Trinajstić information content (AvgIpc) is 3.31. The lowest BCUT2D eigenvalue weighted by Crippen LogP contribution is -2.29. The Bertz CT molecular complexity index is 445. The van der Waals surface area contributed by atoms with Crippen molar-refractivity contribution in [2.24, 2.45) is 0 Å². The summed E-state index contributed by atoms with van der Waals surface area (Å²) in [4.78, 5) is 2.24. The topological polar surface area (TPSA) is 24.5 Å². The summed E-state index contributed by atoms with van der Waals surface area (Å²) in [6.07, 6.45) is 9.14. The Morgan fingerprint density at radius 2 is 2.05 bits per heavy atom. The minimum absolute atomic E-state index is 0.682. The largest absolute Gasteiger partial charge is 0.492 e.